The molecule has 4 rings (SSSR count). The number of benzene rings is 2. The third kappa shape index (κ3) is 3.47. The van der Waals surface area contributed by atoms with Gasteiger partial charge in [-0.05, 0) is 41.7 Å². The molecule has 1 aliphatic heterocycles. The van der Waals surface area contributed by atoms with E-state index in [-0.39, 0.29) is 11.9 Å². The lowest BCUT2D eigenvalue weighted by atomic mass is 9.76. The minimum absolute atomic E-state index is 0.0818. The van der Waals surface area contributed by atoms with Gasteiger partial charge in [-0.25, -0.2) is 0 Å². The van der Waals surface area contributed by atoms with E-state index in [1.54, 1.807) is 7.11 Å². The van der Waals surface area contributed by atoms with Crippen LogP contribution in [0.25, 0.3) is 0 Å². The Bertz CT molecular complexity index is 880. The van der Waals surface area contributed by atoms with E-state index < -0.39 is 0 Å². The standard InChI is InChI=1S/C22H23ClN2O2/c1-27-12-11-24-22(26)19-10-4-9-18-16-7-3-8-17(16)20(25-21(18)19)14-5-2-6-15(23)13-14/h2-7,9-10,13,16-17,20,25H,8,11-12H2,1H3,(H,24,26). The first-order valence-electron chi connectivity index (χ1n) is 9.27. The fourth-order valence-corrected chi connectivity index (χ4v) is 4.40. The largest absolute Gasteiger partial charge is 0.383 e. The number of methoxy groups -OCH3 is 1. The van der Waals surface area contributed by atoms with Crippen LogP contribution in [-0.4, -0.2) is 26.2 Å². The molecule has 27 heavy (non-hydrogen) atoms. The van der Waals surface area contributed by atoms with Gasteiger partial charge >= 0.3 is 0 Å². The first-order valence-corrected chi connectivity index (χ1v) is 9.65. The van der Waals surface area contributed by atoms with Crippen molar-refractivity contribution < 1.29 is 9.53 Å². The summed E-state index contributed by atoms with van der Waals surface area (Å²) in [5.41, 5.74) is 3.94. The van der Waals surface area contributed by atoms with Crippen LogP contribution in [0.15, 0.2) is 54.6 Å². The van der Waals surface area contributed by atoms with E-state index >= 15 is 0 Å². The van der Waals surface area contributed by atoms with E-state index in [9.17, 15) is 4.79 Å². The number of para-hydroxylation sites is 1. The summed E-state index contributed by atoms with van der Waals surface area (Å²) >= 11 is 6.24. The van der Waals surface area contributed by atoms with E-state index in [0.29, 0.717) is 30.6 Å². The van der Waals surface area contributed by atoms with Crippen molar-refractivity contribution in [1.82, 2.24) is 5.32 Å². The van der Waals surface area contributed by atoms with Crippen LogP contribution in [0.1, 0.15) is 39.9 Å². The number of carbonyl (C=O) groups excluding carboxylic acids is 1. The summed E-state index contributed by atoms with van der Waals surface area (Å²) in [5, 5.41) is 7.32. The van der Waals surface area contributed by atoms with E-state index in [0.717, 1.165) is 22.7 Å². The molecule has 1 aliphatic carbocycles. The number of amides is 1. The summed E-state index contributed by atoms with van der Waals surface area (Å²) in [4.78, 5) is 12.7. The van der Waals surface area contributed by atoms with Crippen molar-refractivity contribution in [3.8, 4) is 0 Å². The Balaban J connectivity index is 1.71. The number of carbonyl (C=O) groups is 1. The van der Waals surface area contributed by atoms with Gasteiger partial charge in [0, 0.05) is 24.6 Å². The molecule has 2 N–H and O–H groups in total. The summed E-state index contributed by atoms with van der Waals surface area (Å²) in [6.07, 6.45) is 5.53. The van der Waals surface area contributed by atoms with Crippen molar-refractivity contribution in [1.29, 1.82) is 0 Å². The molecule has 2 aromatic carbocycles. The Morgan fingerprint density at radius 1 is 1.30 bits per heavy atom. The second kappa shape index (κ2) is 7.75. The highest BCUT2D eigenvalue weighted by atomic mass is 35.5. The van der Waals surface area contributed by atoms with E-state index in [1.807, 2.05) is 30.3 Å². The maximum atomic E-state index is 12.7. The van der Waals surface area contributed by atoms with Crippen molar-refractivity contribution in [2.45, 2.75) is 18.4 Å². The molecule has 2 aromatic rings. The third-order valence-corrected chi connectivity index (χ3v) is 5.68. The first kappa shape index (κ1) is 18.1. The van der Waals surface area contributed by atoms with Gasteiger partial charge in [-0.1, -0.05) is 48.0 Å². The molecule has 0 fully saturated rings. The maximum absolute atomic E-state index is 12.7. The lowest BCUT2D eigenvalue weighted by Crippen LogP contribution is -2.33. The molecule has 0 spiro atoms. The van der Waals surface area contributed by atoms with Gasteiger partial charge in [-0.3, -0.25) is 4.79 Å². The number of hydrogen-bond acceptors (Lipinski definition) is 3. The number of ether oxygens (including phenoxy) is 1. The second-order valence-electron chi connectivity index (χ2n) is 7.05. The highest BCUT2D eigenvalue weighted by Crippen LogP contribution is 2.50. The van der Waals surface area contributed by atoms with Crippen molar-refractivity contribution in [2.24, 2.45) is 5.92 Å². The molecule has 0 radical (unpaired) electrons. The van der Waals surface area contributed by atoms with Crippen LogP contribution < -0.4 is 10.6 Å². The van der Waals surface area contributed by atoms with E-state index in [2.05, 4.69) is 34.9 Å². The molecule has 4 nitrogen and oxygen atoms in total. The zero-order valence-corrected chi connectivity index (χ0v) is 16.0. The van der Waals surface area contributed by atoms with Gasteiger partial charge in [-0.15, -0.1) is 0 Å². The molecule has 5 heteroatoms. The molecule has 2 aliphatic rings. The van der Waals surface area contributed by atoms with Crippen LogP contribution in [0.2, 0.25) is 5.02 Å². The van der Waals surface area contributed by atoms with Crippen LogP contribution in [0, 0.1) is 5.92 Å². The number of hydrogen-bond donors (Lipinski definition) is 2. The molecular weight excluding hydrogens is 360 g/mol. The number of fused-ring (bicyclic) bond motifs is 3. The summed E-state index contributed by atoms with van der Waals surface area (Å²) in [6.45, 7) is 0.982. The number of anilines is 1. The summed E-state index contributed by atoms with van der Waals surface area (Å²) in [5.74, 6) is 0.640. The van der Waals surface area contributed by atoms with Crippen LogP contribution in [0.5, 0.6) is 0 Å². The molecule has 1 amide bonds. The highest BCUT2D eigenvalue weighted by molar-refractivity contribution is 6.30. The topological polar surface area (TPSA) is 50.4 Å². The van der Waals surface area contributed by atoms with Gasteiger partial charge in [-0.2, -0.15) is 0 Å². The van der Waals surface area contributed by atoms with Crippen LogP contribution in [0.4, 0.5) is 5.69 Å². The molecule has 0 saturated carbocycles. The van der Waals surface area contributed by atoms with Crippen molar-refractivity contribution in [3.63, 3.8) is 0 Å². The Labute approximate surface area is 164 Å². The first-order chi connectivity index (χ1) is 13.2. The highest BCUT2D eigenvalue weighted by Gasteiger charge is 2.39. The summed E-state index contributed by atoms with van der Waals surface area (Å²) in [6, 6.07) is 14.1. The van der Waals surface area contributed by atoms with Crippen LogP contribution >= 0.6 is 11.6 Å². The van der Waals surface area contributed by atoms with Crippen molar-refractivity contribution >= 4 is 23.2 Å². The molecule has 0 saturated heterocycles. The lowest BCUT2D eigenvalue weighted by molar-refractivity contribution is 0.0937. The van der Waals surface area contributed by atoms with Gasteiger partial charge in [0.05, 0.1) is 23.9 Å². The average molecular weight is 383 g/mol. The summed E-state index contributed by atoms with van der Waals surface area (Å²) in [7, 11) is 1.63. The van der Waals surface area contributed by atoms with Crippen molar-refractivity contribution in [3.05, 3.63) is 76.3 Å². The minimum Gasteiger partial charge on any atom is -0.383 e. The zero-order chi connectivity index (χ0) is 18.8. The predicted molar refractivity (Wildman–Crippen MR) is 108 cm³/mol. The average Bonchev–Trinajstić information content (AvgIpc) is 3.17. The number of allylic oxidation sites excluding steroid dienone is 2. The Morgan fingerprint density at radius 3 is 2.96 bits per heavy atom. The normalized spacial score (nSPS) is 22.7. The molecule has 3 atom stereocenters. The second-order valence-corrected chi connectivity index (χ2v) is 7.49. The van der Waals surface area contributed by atoms with Gasteiger partial charge in [0.1, 0.15) is 0 Å². The van der Waals surface area contributed by atoms with E-state index in [1.165, 1.54) is 5.56 Å². The monoisotopic (exact) mass is 382 g/mol. The van der Waals surface area contributed by atoms with Gasteiger partial charge < -0.3 is 15.4 Å². The molecule has 0 aromatic heterocycles. The fraction of sp³-hybridized carbons (Fsp3) is 0.318. The Kier molecular flexibility index (Phi) is 5.19. The van der Waals surface area contributed by atoms with E-state index in [4.69, 9.17) is 16.3 Å². The molecule has 0 bridgehead atoms. The predicted octanol–water partition coefficient (Wildman–Crippen LogP) is 4.54. The molecular formula is C22H23ClN2O2. The molecule has 140 valence electrons. The quantitative estimate of drug-likeness (QED) is 0.589. The maximum Gasteiger partial charge on any atom is 0.253 e. The summed E-state index contributed by atoms with van der Waals surface area (Å²) < 4.78 is 5.03. The SMILES string of the molecule is COCCNC(=O)c1cccc2c1NC(c1cccc(Cl)c1)C1CC=CC21. The van der Waals surface area contributed by atoms with Crippen LogP contribution in [-0.2, 0) is 4.74 Å². The van der Waals surface area contributed by atoms with Crippen LogP contribution in [0.3, 0.4) is 0 Å². The smallest absolute Gasteiger partial charge is 0.253 e. The number of rotatable bonds is 5. The van der Waals surface area contributed by atoms with Gasteiger partial charge in [0.2, 0.25) is 0 Å². The number of nitrogens with one attached hydrogen (secondary N) is 2. The third-order valence-electron chi connectivity index (χ3n) is 5.44. The number of halogens is 1. The Morgan fingerprint density at radius 2 is 2.15 bits per heavy atom. The fourth-order valence-electron chi connectivity index (χ4n) is 4.20. The Hall–Kier alpha value is -2.30. The van der Waals surface area contributed by atoms with Crippen molar-refractivity contribution in [2.75, 3.05) is 25.6 Å². The molecule has 3 unspecified atom stereocenters. The van der Waals surface area contributed by atoms with Gasteiger partial charge in [0.25, 0.3) is 5.91 Å². The zero-order valence-electron chi connectivity index (χ0n) is 15.2. The van der Waals surface area contributed by atoms with Gasteiger partial charge in [0.15, 0.2) is 0 Å². The molecule has 1 heterocycles. The minimum atomic E-state index is -0.0818. The lowest BCUT2D eigenvalue weighted by Gasteiger charge is -2.38.